The molecular weight excluding hydrogens is 250 g/mol. The minimum atomic E-state index is 0.480. The van der Waals surface area contributed by atoms with Crippen molar-refractivity contribution in [3.63, 3.8) is 0 Å². The Labute approximate surface area is 113 Å². The van der Waals surface area contributed by atoms with Crippen LogP contribution in [-0.4, -0.2) is 34.5 Å². The van der Waals surface area contributed by atoms with E-state index in [0.29, 0.717) is 4.99 Å². The Morgan fingerprint density at radius 3 is 2.41 bits per heavy atom. The van der Waals surface area contributed by atoms with Crippen molar-refractivity contribution in [3.05, 3.63) is 15.6 Å². The van der Waals surface area contributed by atoms with Crippen molar-refractivity contribution in [1.29, 1.82) is 0 Å². The van der Waals surface area contributed by atoms with Crippen LogP contribution in [0.3, 0.4) is 0 Å². The quantitative estimate of drug-likeness (QED) is 0.772. The Hall–Kier alpha value is -0.520. The van der Waals surface area contributed by atoms with Gasteiger partial charge in [-0.1, -0.05) is 33.0 Å². The van der Waals surface area contributed by atoms with Crippen LogP contribution in [0.1, 0.15) is 36.3 Å². The van der Waals surface area contributed by atoms with Gasteiger partial charge in [0.2, 0.25) is 0 Å². The summed E-state index contributed by atoms with van der Waals surface area (Å²) in [6.45, 7) is 9.69. The summed E-state index contributed by atoms with van der Waals surface area (Å²) in [6.07, 6.45) is 1.89. The van der Waals surface area contributed by atoms with Crippen LogP contribution in [0.5, 0.6) is 0 Å². The number of hydrogen-bond donors (Lipinski definition) is 1. The predicted octanol–water partition coefficient (Wildman–Crippen LogP) is 2.22. The van der Waals surface area contributed by atoms with Crippen LogP contribution in [0.2, 0.25) is 0 Å². The summed E-state index contributed by atoms with van der Waals surface area (Å²) in [5.41, 5.74) is 6.76. The number of thiocarbonyl (C=S) groups is 1. The summed E-state index contributed by atoms with van der Waals surface area (Å²) < 4.78 is 0. The molecule has 1 heterocycles. The average molecular weight is 271 g/mol. The van der Waals surface area contributed by atoms with E-state index in [4.69, 9.17) is 18.0 Å². The van der Waals surface area contributed by atoms with Gasteiger partial charge in [-0.25, -0.2) is 4.98 Å². The third-order valence-electron chi connectivity index (χ3n) is 2.84. The summed E-state index contributed by atoms with van der Waals surface area (Å²) in [5.74, 6) is 0. The van der Waals surface area contributed by atoms with Crippen LogP contribution in [0.15, 0.2) is 0 Å². The second-order valence-corrected chi connectivity index (χ2v) is 5.40. The standard InChI is InChI=1S/C12H21N3S2/c1-4-9-11(12(13)16)17-10(14-9)7-8-15(5-2)6-3/h4-8H2,1-3H3,(H2,13,16). The van der Waals surface area contributed by atoms with E-state index in [9.17, 15) is 0 Å². The molecule has 0 aliphatic carbocycles. The van der Waals surface area contributed by atoms with Gasteiger partial charge >= 0.3 is 0 Å². The first-order valence-electron chi connectivity index (χ1n) is 6.13. The maximum absolute atomic E-state index is 5.70. The zero-order valence-corrected chi connectivity index (χ0v) is 12.5. The molecule has 1 aromatic rings. The smallest absolute Gasteiger partial charge is 0.116 e. The molecule has 0 spiro atoms. The number of rotatable bonds is 7. The van der Waals surface area contributed by atoms with Gasteiger partial charge in [-0.15, -0.1) is 11.3 Å². The molecule has 0 unspecified atom stereocenters. The van der Waals surface area contributed by atoms with Crippen LogP contribution >= 0.6 is 23.6 Å². The summed E-state index contributed by atoms with van der Waals surface area (Å²) in [4.78, 5) is 8.49. The number of nitrogens with two attached hydrogens (primary N) is 1. The van der Waals surface area contributed by atoms with Crippen molar-refractivity contribution in [2.24, 2.45) is 5.73 Å². The minimum absolute atomic E-state index is 0.480. The fourth-order valence-corrected chi connectivity index (χ4v) is 2.97. The number of hydrogen-bond acceptors (Lipinski definition) is 4. The molecule has 1 aromatic heterocycles. The molecule has 2 N–H and O–H groups in total. The highest BCUT2D eigenvalue weighted by Crippen LogP contribution is 2.19. The van der Waals surface area contributed by atoms with Crippen LogP contribution in [0, 0.1) is 0 Å². The second-order valence-electron chi connectivity index (χ2n) is 3.88. The van der Waals surface area contributed by atoms with Crippen molar-refractivity contribution >= 4 is 28.5 Å². The molecule has 0 saturated carbocycles. The summed E-state index contributed by atoms with van der Waals surface area (Å²) in [5, 5.41) is 1.15. The lowest BCUT2D eigenvalue weighted by Gasteiger charge is -2.16. The van der Waals surface area contributed by atoms with E-state index in [-0.39, 0.29) is 0 Å². The van der Waals surface area contributed by atoms with Crippen LogP contribution < -0.4 is 5.73 Å². The maximum Gasteiger partial charge on any atom is 0.116 e. The Morgan fingerprint density at radius 2 is 2.00 bits per heavy atom. The van der Waals surface area contributed by atoms with E-state index in [1.807, 2.05) is 0 Å². The Balaban J connectivity index is 2.69. The molecule has 1 rings (SSSR count). The summed E-state index contributed by atoms with van der Waals surface area (Å²) in [6, 6.07) is 0. The van der Waals surface area contributed by atoms with Gasteiger partial charge < -0.3 is 10.6 Å². The molecule has 0 aliphatic rings. The molecule has 0 saturated heterocycles. The molecule has 0 fully saturated rings. The third-order valence-corrected chi connectivity index (χ3v) is 4.36. The highest BCUT2D eigenvalue weighted by atomic mass is 32.1. The molecule has 3 nitrogen and oxygen atoms in total. The number of aromatic nitrogens is 1. The van der Waals surface area contributed by atoms with Crippen LogP contribution in [0.4, 0.5) is 0 Å². The number of thiazole rings is 1. The molecule has 0 amide bonds. The van der Waals surface area contributed by atoms with E-state index < -0.39 is 0 Å². The fourth-order valence-electron chi connectivity index (χ4n) is 1.73. The lowest BCUT2D eigenvalue weighted by atomic mass is 10.3. The highest BCUT2D eigenvalue weighted by Gasteiger charge is 2.12. The summed E-state index contributed by atoms with van der Waals surface area (Å²) >= 11 is 6.70. The summed E-state index contributed by atoms with van der Waals surface area (Å²) in [7, 11) is 0. The van der Waals surface area contributed by atoms with Crippen molar-refractivity contribution in [1.82, 2.24) is 9.88 Å². The van der Waals surface area contributed by atoms with Crippen LogP contribution in [0.25, 0.3) is 0 Å². The topological polar surface area (TPSA) is 42.2 Å². The number of aryl methyl sites for hydroxylation is 1. The maximum atomic E-state index is 5.70. The molecule has 0 atom stereocenters. The van der Waals surface area contributed by atoms with Gasteiger partial charge in [0.1, 0.15) is 4.99 Å². The molecule has 17 heavy (non-hydrogen) atoms. The monoisotopic (exact) mass is 271 g/mol. The van der Waals surface area contributed by atoms with Gasteiger partial charge in [0.15, 0.2) is 0 Å². The van der Waals surface area contributed by atoms with E-state index in [2.05, 4.69) is 30.7 Å². The van der Waals surface area contributed by atoms with Crippen LogP contribution in [-0.2, 0) is 12.8 Å². The zero-order valence-electron chi connectivity index (χ0n) is 10.8. The first-order chi connectivity index (χ1) is 8.12. The fraction of sp³-hybridized carbons (Fsp3) is 0.667. The molecule has 0 aliphatic heterocycles. The Morgan fingerprint density at radius 1 is 1.35 bits per heavy atom. The van der Waals surface area contributed by atoms with Crippen molar-refractivity contribution in [2.45, 2.75) is 33.6 Å². The number of nitrogens with zero attached hydrogens (tertiary/aromatic N) is 2. The third kappa shape index (κ3) is 4.01. The van der Waals surface area contributed by atoms with Crippen molar-refractivity contribution in [2.75, 3.05) is 19.6 Å². The normalized spacial score (nSPS) is 11.1. The first kappa shape index (κ1) is 14.5. The van der Waals surface area contributed by atoms with Crippen molar-refractivity contribution in [3.8, 4) is 0 Å². The largest absolute Gasteiger partial charge is 0.389 e. The second kappa shape index (κ2) is 7.03. The minimum Gasteiger partial charge on any atom is -0.389 e. The van der Waals surface area contributed by atoms with Gasteiger partial charge in [0.25, 0.3) is 0 Å². The molecule has 5 heteroatoms. The Bertz CT molecular complexity index is 370. The van der Waals surface area contributed by atoms with E-state index >= 15 is 0 Å². The van der Waals surface area contributed by atoms with Gasteiger partial charge in [0, 0.05) is 13.0 Å². The van der Waals surface area contributed by atoms with E-state index in [1.165, 1.54) is 0 Å². The lowest BCUT2D eigenvalue weighted by Crippen LogP contribution is -2.25. The molecule has 0 aromatic carbocycles. The predicted molar refractivity (Wildman–Crippen MR) is 78.9 cm³/mol. The SMILES string of the molecule is CCc1nc(CCN(CC)CC)sc1C(N)=S. The number of likely N-dealkylation sites (N-methyl/N-ethyl adjacent to an activating group) is 1. The highest BCUT2D eigenvalue weighted by molar-refractivity contribution is 7.81. The molecular formula is C12H21N3S2. The zero-order chi connectivity index (χ0) is 12.8. The first-order valence-corrected chi connectivity index (χ1v) is 7.35. The molecule has 0 bridgehead atoms. The molecule has 96 valence electrons. The van der Waals surface area contributed by atoms with Gasteiger partial charge in [-0.05, 0) is 19.5 Å². The lowest BCUT2D eigenvalue weighted by molar-refractivity contribution is 0.308. The van der Waals surface area contributed by atoms with E-state index in [0.717, 1.165) is 48.1 Å². The average Bonchev–Trinajstić information content (AvgIpc) is 2.74. The van der Waals surface area contributed by atoms with E-state index in [1.54, 1.807) is 11.3 Å². The van der Waals surface area contributed by atoms with Gasteiger partial charge in [0.05, 0.1) is 15.6 Å². The van der Waals surface area contributed by atoms with Crippen molar-refractivity contribution < 1.29 is 0 Å². The Kier molecular flexibility index (Phi) is 6.02. The van der Waals surface area contributed by atoms with Gasteiger partial charge in [-0.3, -0.25) is 0 Å². The molecule has 0 radical (unpaired) electrons. The van der Waals surface area contributed by atoms with Gasteiger partial charge in [-0.2, -0.15) is 0 Å².